The van der Waals surface area contributed by atoms with Crippen LogP contribution in [0.1, 0.15) is 19.3 Å². The molecule has 0 saturated carbocycles. The van der Waals surface area contributed by atoms with E-state index in [4.69, 9.17) is 5.26 Å². The highest BCUT2D eigenvalue weighted by molar-refractivity contribution is 5.78. The molecule has 0 atom stereocenters. The van der Waals surface area contributed by atoms with Gasteiger partial charge in [0.1, 0.15) is 6.42 Å². The Hall–Kier alpha value is -1.29. The lowest BCUT2D eigenvalue weighted by Gasteiger charge is -2.41. The van der Waals surface area contributed by atoms with Gasteiger partial charge < -0.3 is 9.64 Å². The minimum Gasteiger partial charge on any atom is -0.369 e. The first kappa shape index (κ1) is 13.8. The van der Waals surface area contributed by atoms with Crippen LogP contribution in [0.15, 0.2) is 0 Å². The molecule has 96 valence electrons. The van der Waals surface area contributed by atoms with Crippen LogP contribution in [-0.2, 0) is 9.53 Å². The molecule has 0 aliphatic carbocycles. The Morgan fingerprint density at radius 1 is 1.47 bits per heavy atom. The molecule has 1 saturated heterocycles. The van der Waals surface area contributed by atoms with Gasteiger partial charge in [-0.3, -0.25) is 4.79 Å². The Morgan fingerprint density at radius 3 is 2.35 bits per heavy atom. The summed E-state index contributed by atoms with van der Waals surface area (Å²) in [6.45, 7) is -0.0677. The van der Waals surface area contributed by atoms with E-state index in [9.17, 15) is 18.0 Å². The Kier molecular flexibility index (Phi) is 3.98. The van der Waals surface area contributed by atoms with E-state index < -0.39 is 17.7 Å². The molecular weight excluding hydrogens is 237 g/mol. The van der Waals surface area contributed by atoms with Crippen LogP contribution in [-0.4, -0.2) is 42.8 Å². The SMILES string of the molecule is COC1(C(F)(F)F)CCN(C(=O)CC#N)CC1. The minimum absolute atomic E-state index is 0.0339. The minimum atomic E-state index is -4.44. The topological polar surface area (TPSA) is 53.3 Å². The summed E-state index contributed by atoms with van der Waals surface area (Å²) in [7, 11) is 1.03. The molecule has 0 unspecified atom stereocenters. The molecule has 0 aromatic heterocycles. The monoisotopic (exact) mass is 250 g/mol. The van der Waals surface area contributed by atoms with Gasteiger partial charge in [-0.15, -0.1) is 0 Å². The molecule has 0 spiro atoms. The second-order valence-corrected chi connectivity index (χ2v) is 3.91. The van der Waals surface area contributed by atoms with Crippen molar-refractivity contribution in [2.45, 2.75) is 31.0 Å². The molecule has 1 aliphatic rings. The number of alkyl halides is 3. The lowest BCUT2D eigenvalue weighted by atomic mass is 9.90. The number of nitriles is 1. The Bertz CT molecular complexity index is 327. The number of hydrogen-bond acceptors (Lipinski definition) is 3. The summed E-state index contributed by atoms with van der Waals surface area (Å²) < 4.78 is 43.0. The van der Waals surface area contributed by atoms with E-state index in [0.717, 1.165) is 7.11 Å². The fourth-order valence-electron chi connectivity index (χ4n) is 1.90. The standard InChI is InChI=1S/C10H13F3N2O2/c1-17-9(10(11,12)13)3-6-15(7-4-9)8(16)2-5-14/h2-4,6-7H2,1H3. The van der Waals surface area contributed by atoms with Crippen molar-refractivity contribution in [1.29, 1.82) is 5.26 Å². The molecule has 0 aromatic carbocycles. The highest BCUT2D eigenvalue weighted by Crippen LogP contribution is 2.41. The second-order valence-electron chi connectivity index (χ2n) is 3.91. The van der Waals surface area contributed by atoms with Crippen LogP contribution in [0.3, 0.4) is 0 Å². The van der Waals surface area contributed by atoms with E-state index in [-0.39, 0.29) is 32.4 Å². The maximum absolute atomic E-state index is 12.8. The highest BCUT2D eigenvalue weighted by Gasteiger charge is 2.56. The van der Waals surface area contributed by atoms with E-state index in [1.807, 2.05) is 0 Å². The highest BCUT2D eigenvalue weighted by atomic mass is 19.4. The fraction of sp³-hybridized carbons (Fsp3) is 0.800. The van der Waals surface area contributed by atoms with Gasteiger partial charge in [0.05, 0.1) is 6.07 Å². The third kappa shape index (κ3) is 2.69. The average molecular weight is 250 g/mol. The van der Waals surface area contributed by atoms with E-state index in [0.29, 0.717) is 0 Å². The Labute approximate surface area is 96.9 Å². The molecule has 1 heterocycles. The summed E-state index contributed by atoms with van der Waals surface area (Å²) in [4.78, 5) is 12.6. The van der Waals surface area contributed by atoms with Crippen LogP contribution in [0.2, 0.25) is 0 Å². The van der Waals surface area contributed by atoms with Crippen molar-refractivity contribution in [3.63, 3.8) is 0 Å². The van der Waals surface area contributed by atoms with Crippen LogP contribution in [0.4, 0.5) is 13.2 Å². The number of amides is 1. The summed E-state index contributed by atoms with van der Waals surface area (Å²) in [5.41, 5.74) is -2.16. The fourth-order valence-corrected chi connectivity index (χ4v) is 1.90. The molecule has 0 aromatic rings. The Morgan fingerprint density at radius 2 is 2.00 bits per heavy atom. The summed E-state index contributed by atoms with van der Waals surface area (Å²) in [6, 6.07) is 1.69. The number of piperidine rings is 1. The van der Waals surface area contributed by atoms with Crippen molar-refractivity contribution in [3.05, 3.63) is 0 Å². The first-order valence-electron chi connectivity index (χ1n) is 5.13. The van der Waals surface area contributed by atoms with Gasteiger partial charge in [-0.25, -0.2) is 0 Å². The van der Waals surface area contributed by atoms with Gasteiger partial charge in [0.25, 0.3) is 0 Å². The molecular formula is C10H13F3N2O2. The summed E-state index contributed by atoms with van der Waals surface area (Å²) in [5.74, 6) is -0.431. The normalized spacial score (nSPS) is 19.8. The zero-order valence-corrected chi connectivity index (χ0v) is 9.38. The van der Waals surface area contributed by atoms with Crippen LogP contribution < -0.4 is 0 Å². The van der Waals surface area contributed by atoms with Gasteiger partial charge >= 0.3 is 6.18 Å². The van der Waals surface area contributed by atoms with Crippen molar-refractivity contribution < 1.29 is 22.7 Å². The van der Waals surface area contributed by atoms with Crippen LogP contribution in [0.5, 0.6) is 0 Å². The molecule has 0 radical (unpaired) electrons. The van der Waals surface area contributed by atoms with Crippen molar-refractivity contribution >= 4 is 5.91 Å². The molecule has 4 nitrogen and oxygen atoms in total. The molecule has 1 amide bonds. The first-order valence-corrected chi connectivity index (χ1v) is 5.13. The number of carbonyl (C=O) groups excluding carboxylic acids is 1. The molecule has 1 aliphatic heterocycles. The first-order chi connectivity index (χ1) is 7.86. The molecule has 7 heteroatoms. The Balaban J connectivity index is 2.67. The lowest BCUT2D eigenvalue weighted by molar-refractivity contribution is -0.281. The van der Waals surface area contributed by atoms with Gasteiger partial charge in [0.2, 0.25) is 5.91 Å². The van der Waals surface area contributed by atoms with Gasteiger partial charge in [0, 0.05) is 33.0 Å². The number of hydrogen-bond donors (Lipinski definition) is 0. The third-order valence-corrected chi connectivity index (χ3v) is 3.06. The van der Waals surface area contributed by atoms with Gasteiger partial charge in [-0.05, 0) is 0 Å². The average Bonchev–Trinajstić information content (AvgIpc) is 2.28. The largest absolute Gasteiger partial charge is 0.417 e. The summed E-state index contributed by atoms with van der Waals surface area (Å²) in [5, 5.41) is 8.34. The van der Waals surface area contributed by atoms with E-state index in [1.165, 1.54) is 4.90 Å². The van der Waals surface area contributed by atoms with Crippen LogP contribution in [0.25, 0.3) is 0 Å². The number of methoxy groups -OCH3 is 1. The predicted octanol–water partition coefficient (Wildman–Crippen LogP) is 1.47. The predicted molar refractivity (Wildman–Crippen MR) is 51.8 cm³/mol. The molecule has 0 N–H and O–H groups in total. The van der Waals surface area contributed by atoms with Crippen LogP contribution in [0, 0.1) is 11.3 Å². The van der Waals surface area contributed by atoms with Gasteiger partial charge in [-0.2, -0.15) is 18.4 Å². The number of carbonyl (C=O) groups is 1. The van der Waals surface area contributed by atoms with E-state index in [1.54, 1.807) is 6.07 Å². The molecule has 1 rings (SSSR count). The van der Waals surface area contributed by atoms with Crippen molar-refractivity contribution in [2.24, 2.45) is 0 Å². The quantitative estimate of drug-likeness (QED) is 0.745. The summed E-state index contributed by atoms with van der Waals surface area (Å²) in [6.07, 6.45) is -5.31. The number of nitrogens with zero attached hydrogens (tertiary/aromatic N) is 2. The zero-order chi connectivity index (χ0) is 13.1. The van der Waals surface area contributed by atoms with Crippen molar-refractivity contribution in [3.8, 4) is 6.07 Å². The molecule has 1 fully saturated rings. The number of halogens is 3. The third-order valence-electron chi connectivity index (χ3n) is 3.06. The summed E-state index contributed by atoms with van der Waals surface area (Å²) >= 11 is 0. The number of likely N-dealkylation sites (tertiary alicyclic amines) is 1. The second kappa shape index (κ2) is 4.92. The van der Waals surface area contributed by atoms with Crippen molar-refractivity contribution in [2.75, 3.05) is 20.2 Å². The zero-order valence-electron chi connectivity index (χ0n) is 9.38. The van der Waals surface area contributed by atoms with Gasteiger partial charge in [0.15, 0.2) is 5.60 Å². The van der Waals surface area contributed by atoms with Gasteiger partial charge in [-0.1, -0.05) is 0 Å². The molecule has 17 heavy (non-hydrogen) atoms. The van der Waals surface area contributed by atoms with Crippen molar-refractivity contribution in [1.82, 2.24) is 4.90 Å². The van der Waals surface area contributed by atoms with Crippen LogP contribution >= 0.6 is 0 Å². The number of ether oxygens (including phenoxy) is 1. The van der Waals surface area contributed by atoms with E-state index in [2.05, 4.69) is 4.74 Å². The number of rotatable bonds is 2. The maximum Gasteiger partial charge on any atom is 0.417 e. The van der Waals surface area contributed by atoms with E-state index >= 15 is 0 Å². The maximum atomic E-state index is 12.8. The lowest BCUT2D eigenvalue weighted by Crippen LogP contribution is -2.55. The smallest absolute Gasteiger partial charge is 0.369 e. The molecule has 0 bridgehead atoms.